The molecule has 120 valence electrons. The fourth-order valence-electron chi connectivity index (χ4n) is 2.30. The van der Waals surface area contributed by atoms with Crippen LogP contribution < -0.4 is 11.3 Å². The molecule has 2 aromatic heterocycles. The van der Waals surface area contributed by atoms with E-state index in [1.54, 1.807) is 4.57 Å². The normalized spacial score (nSPS) is 17.0. The first-order valence-electron chi connectivity index (χ1n) is 6.70. The van der Waals surface area contributed by atoms with Gasteiger partial charge in [-0.2, -0.15) is 4.98 Å². The van der Waals surface area contributed by atoms with Crippen LogP contribution in [-0.2, 0) is 15.8 Å². The average molecular weight is 329 g/mol. The number of aromatic nitrogens is 4. The Morgan fingerprint density at radius 2 is 2.27 bits per heavy atom. The molecule has 2 heterocycles. The maximum Gasteiger partial charge on any atom is 0.350 e. The summed E-state index contributed by atoms with van der Waals surface area (Å²) in [6.07, 6.45) is 2.33. The Balaban J connectivity index is 1.84. The molecule has 1 saturated carbocycles. The van der Waals surface area contributed by atoms with Crippen molar-refractivity contribution in [3.8, 4) is 0 Å². The standard InChI is InChI=1S/C11H16N5O5P/c12-11-14-9-8(10(17)15-11)13-4-16(9)3-7(6-1-2-6)21-5-22(18,19)20/h4,6-7H,1-3,5H2,(H2,18,19,20)(H3,12,14,15,17)/t7-/m0/s1. The summed E-state index contributed by atoms with van der Waals surface area (Å²) in [7, 11) is -4.22. The minimum Gasteiger partial charge on any atom is -0.369 e. The second-order valence-corrected chi connectivity index (χ2v) is 6.94. The van der Waals surface area contributed by atoms with E-state index in [1.165, 1.54) is 6.33 Å². The Hall–Kier alpha value is -1.74. The maximum absolute atomic E-state index is 11.7. The predicted octanol–water partition coefficient (Wildman–Crippen LogP) is -0.368. The number of ether oxygens (including phenoxy) is 1. The van der Waals surface area contributed by atoms with Gasteiger partial charge >= 0.3 is 7.60 Å². The van der Waals surface area contributed by atoms with Gasteiger partial charge in [-0.05, 0) is 18.8 Å². The first-order chi connectivity index (χ1) is 10.3. The number of anilines is 1. The zero-order valence-corrected chi connectivity index (χ0v) is 12.4. The molecule has 0 bridgehead atoms. The number of hydrogen-bond acceptors (Lipinski definition) is 6. The van der Waals surface area contributed by atoms with Crippen LogP contribution >= 0.6 is 7.60 Å². The Morgan fingerprint density at radius 1 is 1.55 bits per heavy atom. The molecule has 1 aliphatic rings. The highest BCUT2D eigenvalue weighted by Gasteiger charge is 2.34. The van der Waals surface area contributed by atoms with E-state index in [9.17, 15) is 9.36 Å². The number of nitrogens with two attached hydrogens (primary N) is 1. The van der Waals surface area contributed by atoms with Crippen LogP contribution in [0.2, 0.25) is 0 Å². The van der Waals surface area contributed by atoms with Gasteiger partial charge < -0.3 is 24.8 Å². The van der Waals surface area contributed by atoms with Crippen LogP contribution in [0, 0.1) is 5.92 Å². The second kappa shape index (κ2) is 5.47. The van der Waals surface area contributed by atoms with Crippen LogP contribution in [0.3, 0.4) is 0 Å². The van der Waals surface area contributed by atoms with Crippen LogP contribution in [0.1, 0.15) is 12.8 Å². The highest BCUT2D eigenvalue weighted by atomic mass is 31.2. The number of H-pyrrole nitrogens is 1. The molecule has 0 amide bonds. The van der Waals surface area contributed by atoms with Crippen molar-refractivity contribution in [2.75, 3.05) is 12.1 Å². The van der Waals surface area contributed by atoms with Gasteiger partial charge in [0.05, 0.1) is 19.0 Å². The van der Waals surface area contributed by atoms with E-state index in [2.05, 4.69) is 15.0 Å². The monoisotopic (exact) mass is 329 g/mol. The minimum atomic E-state index is -4.22. The highest BCUT2D eigenvalue weighted by molar-refractivity contribution is 7.51. The summed E-state index contributed by atoms with van der Waals surface area (Å²) in [5.41, 5.74) is 5.59. The fraction of sp³-hybridized carbons (Fsp3) is 0.545. The lowest BCUT2D eigenvalue weighted by molar-refractivity contribution is 0.0472. The van der Waals surface area contributed by atoms with Crippen LogP contribution in [0.25, 0.3) is 11.2 Å². The molecule has 0 aliphatic heterocycles. The van der Waals surface area contributed by atoms with Gasteiger partial charge in [0, 0.05) is 0 Å². The van der Waals surface area contributed by atoms with Crippen LogP contribution in [0.4, 0.5) is 5.95 Å². The van der Waals surface area contributed by atoms with E-state index < -0.39 is 19.5 Å². The number of nitrogens with zero attached hydrogens (tertiary/aromatic N) is 3. The van der Waals surface area contributed by atoms with E-state index >= 15 is 0 Å². The number of nitrogen functional groups attached to an aromatic ring is 1. The van der Waals surface area contributed by atoms with Crippen molar-refractivity contribution in [1.82, 2.24) is 19.5 Å². The van der Waals surface area contributed by atoms with Crippen molar-refractivity contribution in [1.29, 1.82) is 0 Å². The fourth-order valence-corrected chi connectivity index (χ4v) is 2.68. The number of aromatic amines is 1. The molecular formula is C11H16N5O5P. The number of nitrogens with one attached hydrogen (secondary N) is 1. The molecule has 11 heteroatoms. The summed E-state index contributed by atoms with van der Waals surface area (Å²) in [5.74, 6) is 0.224. The number of rotatable bonds is 6. The smallest absolute Gasteiger partial charge is 0.350 e. The number of fused-ring (bicyclic) bond motifs is 1. The lowest BCUT2D eigenvalue weighted by Gasteiger charge is -2.18. The zero-order valence-electron chi connectivity index (χ0n) is 11.5. The second-order valence-electron chi connectivity index (χ2n) is 5.36. The molecule has 0 aromatic carbocycles. The van der Waals surface area contributed by atoms with Gasteiger partial charge in [-0.25, -0.2) is 4.98 Å². The van der Waals surface area contributed by atoms with Gasteiger partial charge in [0.1, 0.15) is 6.35 Å². The molecule has 22 heavy (non-hydrogen) atoms. The predicted molar refractivity (Wildman–Crippen MR) is 77.1 cm³/mol. The van der Waals surface area contributed by atoms with Gasteiger partial charge in [-0.15, -0.1) is 0 Å². The maximum atomic E-state index is 11.7. The van der Waals surface area contributed by atoms with E-state index in [0.717, 1.165) is 12.8 Å². The summed E-state index contributed by atoms with van der Waals surface area (Å²) in [5, 5.41) is 0. The van der Waals surface area contributed by atoms with Gasteiger partial charge in [0.2, 0.25) is 5.95 Å². The van der Waals surface area contributed by atoms with Crippen molar-refractivity contribution < 1.29 is 19.1 Å². The third-order valence-corrected chi connectivity index (χ3v) is 3.96. The van der Waals surface area contributed by atoms with Crippen LogP contribution in [-0.4, -0.2) is 41.8 Å². The van der Waals surface area contributed by atoms with E-state index in [0.29, 0.717) is 12.2 Å². The molecule has 2 aromatic rings. The molecule has 1 fully saturated rings. The van der Waals surface area contributed by atoms with E-state index in [-0.39, 0.29) is 23.5 Å². The zero-order chi connectivity index (χ0) is 15.9. The average Bonchev–Trinajstić information content (AvgIpc) is 3.16. The summed E-state index contributed by atoms with van der Waals surface area (Å²) < 4.78 is 17.9. The van der Waals surface area contributed by atoms with Gasteiger partial charge in [-0.3, -0.25) is 14.3 Å². The summed E-state index contributed by atoms with van der Waals surface area (Å²) in [6, 6.07) is 0. The summed E-state index contributed by atoms with van der Waals surface area (Å²) in [6.45, 7) is 0.303. The number of hydrogen-bond donors (Lipinski definition) is 4. The SMILES string of the molecule is Nc1nc2c(ncn2C[C@H](OCP(=O)(O)O)C2CC2)c(=O)[nH]1. The van der Waals surface area contributed by atoms with Crippen molar-refractivity contribution in [3.05, 3.63) is 16.7 Å². The van der Waals surface area contributed by atoms with E-state index in [1.807, 2.05) is 0 Å². The Kier molecular flexibility index (Phi) is 3.77. The van der Waals surface area contributed by atoms with Gasteiger partial charge in [0.15, 0.2) is 11.2 Å². The van der Waals surface area contributed by atoms with Crippen molar-refractivity contribution in [2.24, 2.45) is 5.92 Å². The molecule has 1 atom stereocenters. The van der Waals surface area contributed by atoms with Gasteiger partial charge in [-0.1, -0.05) is 0 Å². The molecule has 0 radical (unpaired) electrons. The molecule has 0 spiro atoms. The van der Waals surface area contributed by atoms with Crippen LogP contribution in [0.15, 0.2) is 11.1 Å². The van der Waals surface area contributed by atoms with Crippen molar-refractivity contribution in [3.63, 3.8) is 0 Å². The summed E-state index contributed by atoms with van der Waals surface area (Å²) >= 11 is 0. The molecular weight excluding hydrogens is 313 g/mol. The summed E-state index contributed by atoms with van der Waals surface area (Å²) in [4.78, 5) is 40.0. The topological polar surface area (TPSA) is 156 Å². The first-order valence-corrected chi connectivity index (χ1v) is 8.50. The highest BCUT2D eigenvalue weighted by Crippen LogP contribution is 2.40. The lowest BCUT2D eigenvalue weighted by atomic mass is 10.2. The first kappa shape index (κ1) is 15.2. The molecule has 1 aliphatic carbocycles. The Morgan fingerprint density at radius 3 is 2.91 bits per heavy atom. The van der Waals surface area contributed by atoms with Gasteiger partial charge in [0.25, 0.3) is 5.56 Å². The third kappa shape index (κ3) is 3.36. The quantitative estimate of drug-likeness (QED) is 0.523. The largest absolute Gasteiger partial charge is 0.369 e. The van der Waals surface area contributed by atoms with E-state index in [4.69, 9.17) is 20.3 Å². The molecule has 10 nitrogen and oxygen atoms in total. The minimum absolute atomic E-state index is 0.0154. The third-order valence-electron chi connectivity index (χ3n) is 3.47. The van der Waals surface area contributed by atoms with Crippen molar-refractivity contribution >= 4 is 24.7 Å². The molecule has 0 unspecified atom stereocenters. The number of imidazole rings is 1. The molecule has 3 rings (SSSR count). The molecule has 5 N–H and O–H groups in total. The van der Waals surface area contributed by atoms with Crippen LogP contribution in [0.5, 0.6) is 0 Å². The Labute approximate surface area is 124 Å². The lowest BCUT2D eigenvalue weighted by Crippen LogP contribution is -2.23. The van der Waals surface area contributed by atoms with Crippen molar-refractivity contribution in [2.45, 2.75) is 25.5 Å². The Bertz CT molecular complexity index is 792. The molecule has 0 saturated heterocycles.